The zero-order valence-electron chi connectivity index (χ0n) is 20.5. The molecule has 0 aromatic heterocycles. The Kier molecular flexibility index (Phi) is 6.40. The van der Waals surface area contributed by atoms with Gasteiger partial charge in [-0.05, 0) is 24.7 Å². The van der Waals surface area contributed by atoms with Gasteiger partial charge in [-0.25, -0.2) is 9.18 Å². The lowest BCUT2D eigenvalue weighted by atomic mass is 9.67. The maximum atomic E-state index is 15.4. The monoisotopic (exact) mass is 510 g/mol. The molecular formula is C25H32ClFN2O6. The molecule has 1 aromatic carbocycles. The highest BCUT2D eigenvalue weighted by atomic mass is 35.5. The average molecular weight is 511 g/mol. The van der Waals surface area contributed by atoms with E-state index in [2.05, 4.69) is 17.1 Å². The van der Waals surface area contributed by atoms with Gasteiger partial charge in [-0.1, -0.05) is 24.9 Å². The van der Waals surface area contributed by atoms with E-state index in [1.807, 2.05) is 0 Å². The second-order valence-corrected chi connectivity index (χ2v) is 9.99. The van der Waals surface area contributed by atoms with Gasteiger partial charge >= 0.3 is 5.97 Å². The standard InChI is InChI=1S/C25H32ClFN2O6/c1-5-14-12-29-7-6-24-20-18(32-3)11-17(26)21(27)22(20)28-25(24,35-9-8-34-24)19(29)10-15(14)16(13-31-2)23(30)33-4/h11,13-15,19,28H,5-10,12H2,1-4H3/b16-13+/t14-,15+,19+,24+,25+/m0/s1. The van der Waals surface area contributed by atoms with Gasteiger partial charge in [-0.15, -0.1) is 0 Å². The first-order chi connectivity index (χ1) is 16.9. The molecule has 4 heterocycles. The van der Waals surface area contributed by atoms with E-state index in [4.69, 9.17) is 35.3 Å². The molecule has 192 valence electrons. The molecule has 10 heteroatoms. The number of nitrogens with zero attached hydrogens (tertiary/aromatic N) is 1. The van der Waals surface area contributed by atoms with Gasteiger partial charge < -0.3 is 29.0 Å². The topological polar surface area (TPSA) is 78.5 Å². The van der Waals surface area contributed by atoms with E-state index in [0.717, 1.165) is 19.5 Å². The van der Waals surface area contributed by atoms with Gasteiger partial charge in [0, 0.05) is 19.2 Å². The third-order valence-corrected chi connectivity index (χ3v) is 8.52. The lowest BCUT2D eigenvalue weighted by Crippen LogP contribution is -2.75. The summed E-state index contributed by atoms with van der Waals surface area (Å²) in [5, 5.41) is 3.37. The van der Waals surface area contributed by atoms with Gasteiger partial charge in [0.05, 0.1) is 68.7 Å². The number of rotatable bonds is 5. The molecule has 4 aliphatic heterocycles. The van der Waals surface area contributed by atoms with Crippen molar-refractivity contribution in [2.75, 3.05) is 52.9 Å². The molecule has 0 spiro atoms. The largest absolute Gasteiger partial charge is 0.504 e. The predicted octanol–water partition coefficient (Wildman–Crippen LogP) is 3.68. The minimum absolute atomic E-state index is 0.0308. The van der Waals surface area contributed by atoms with Crippen LogP contribution in [0.3, 0.4) is 0 Å². The molecule has 1 aromatic rings. The molecule has 0 bridgehead atoms. The SMILES string of the molecule is CC[C@H]1CN2CC[C@]34OCCO[C@]3(Nc3c(F)c(Cl)cc(OC)c34)[C@H]2C[C@H]1/C(=C\OC)C(=O)OC. The number of benzene rings is 1. The average Bonchev–Trinajstić information content (AvgIpc) is 3.21. The van der Waals surface area contributed by atoms with Crippen LogP contribution in [0.5, 0.6) is 5.75 Å². The minimum Gasteiger partial charge on any atom is -0.504 e. The maximum Gasteiger partial charge on any atom is 0.337 e. The number of fused-ring (bicyclic) bond motifs is 2. The molecule has 0 amide bonds. The number of ether oxygens (including phenoxy) is 5. The molecule has 35 heavy (non-hydrogen) atoms. The summed E-state index contributed by atoms with van der Waals surface area (Å²) in [4.78, 5) is 15.1. The van der Waals surface area contributed by atoms with Gasteiger partial charge in [0.1, 0.15) is 11.4 Å². The molecule has 1 N–H and O–H groups in total. The van der Waals surface area contributed by atoms with Crippen LogP contribution in [0.1, 0.15) is 31.7 Å². The van der Waals surface area contributed by atoms with Crippen molar-refractivity contribution >= 4 is 23.3 Å². The van der Waals surface area contributed by atoms with Crippen molar-refractivity contribution in [3.8, 4) is 5.75 Å². The Hall–Kier alpha value is -2.07. The van der Waals surface area contributed by atoms with Crippen LogP contribution in [0.15, 0.2) is 17.9 Å². The number of carbonyl (C=O) groups is 1. The third-order valence-electron chi connectivity index (χ3n) is 8.25. The Bertz CT molecular complexity index is 1050. The van der Waals surface area contributed by atoms with Crippen LogP contribution in [-0.4, -0.2) is 70.3 Å². The number of anilines is 1. The van der Waals surface area contributed by atoms with Crippen LogP contribution in [-0.2, 0) is 29.3 Å². The normalized spacial score (nSPS) is 34.1. The second kappa shape index (κ2) is 9.10. The Labute approximate surface area is 209 Å². The summed E-state index contributed by atoms with van der Waals surface area (Å²) in [6, 6.07) is 1.28. The molecule has 0 aliphatic carbocycles. The van der Waals surface area contributed by atoms with Gasteiger partial charge in [0.15, 0.2) is 11.5 Å². The number of hydrogen-bond acceptors (Lipinski definition) is 8. The van der Waals surface area contributed by atoms with E-state index in [-0.39, 0.29) is 28.6 Å². The molecular weight excluding hydrogens is 479 g/mol. The Morgan fingerprint density at radius 1 is 1.34 bits per heavy atom. The second-order valence-electron chi connectivity index (χ2n) is 9.58. The van der Waals surface area contributed by atoms with E-state index in [1.165, 1.54) is 26.5 Å². The van der Waals surface area contributed by atoms with Crippen LogP contribution in [0.25, 0.3) is 0 Å². The van der Waals surface area contributed by atoms with E-state index < -0.39 is 23.1 Å². The fraction of sp³-hybridized carbons (Fsp3) is 0.640. The predicted molar refractivity (Wildman–Crippen MR) is 127 cm³/mol. The first kappa shape index (κ1) is 24.6. The van der Waals surface area contributed by atoms with Crippen molar-refractivity contribution < 1.29 is 32.9 Å². The number of nitrogens with one attached hydrogen (secondary N) is 1. The van der Waals surface area contributed by atoms with E-state index in [1.54, 1.807) is 7.11 Å². The Balaban J connectivity index is 1.64. The number of hydrogen-bond donors (Lipinski definition) is 1. The van der Waals surface area contributed by atoms with E-state index >= 15 is 4.39 Å². The molecule has 3 fully saturated rings. The summed E-state index contributed by atoms with van der Waals surface area (Å²) >= 11 is 6.23. The van der Waals surface area contributed by atoms with Gasteiger partial charge in [0.25, 0.3) is 0 Å². The fourth-order valence-electron chi connectivity index (χ4n) is 6.77. The van der Waals surface area contributed by atoms with Crippen LogP contribution in [0.4, 0.5) is 10.1 Å². The number of halogens is 2. The zero-order valence-corrected chi connectivity index (χ0v) is 21.2. The Morgan fingerprint density at radius 3 is 2.80 bits per heavy atom. The number of esters is 1. The lowest BCUT2D eigenvalue weighted by molar-refractivity contribution is -0.297. The summed E-state index contributed by atoms with van der Waals surface area (Å²) in [6.45, 7) is 4.34. The quantitative estimate of drug-likeness (QED) is 0.365. The first-order valence-corrected chi connectivity index (χ1v) is 12.4. The molecule has 0 saturated carbocycles. The highest BCUT2D eigenvalue weighted by Gasteiger charge is 2.71. The lowest BCUT2D eigenvalue weighted by Gasteiger charge is -2.61. The summed E-state index contributed by atoms with van der Waals surface area (Å²) in [7, 11) is 4.44. The molecule has 5 atom stereocenters. The molecule has 0 radical (unpaired) electrons. The summed E-state index contributed by atoms with van der Waals surface area (Å²) < 4.78 is 44.6. The van der Waals surface area contributed by atoms with Gasteiger partial charge in [-0.2, -0.15) is 0 Å². The van der Waals surface area contributed by atoms with E-state index in [0.29, 0.717) is 42.9 Å². The van der Waals surface area contributed by atoms with Crippen LogP contribution in [0.2, 0.25) is 5.02 Å². The van der Waals surface area contributed by atoms with Gasteiger partial charge in [-0.3, -0.25) is 4.90 Å². The molecule has 4 aliphatic rings. The number of methoxy groups -OCH3 is 3. The first-order valence-electron chi connectivity index (χ1n) is 12.0. The molecule has 8 nitrogen and oxygen atoms in total. The highest BCUT2D eigenvalue weighted by molar-refractivity contribution is 6.31. The van der Waals surface area contributed by atoms with Crippen molar-refractivity contribution in [1.82, 2.24) is 4.90 Å². The van der Waals surface area contributed by atoms with Crippen molar-refractivity contribution in [3.63, 3.8) is 0 Å². The zero-order chi connectivity index (χ0) is 25.0. The smallest absolute Gasteiger partial charge is 0.337 e. The van der Waals surface area contributed by atoms with Crippen LogP contribution in [0, 0.1) is 17.7 Å². The van der Waals surface area contributed by atoms with Crippen molar-refractivity contribution in [3.05, 3.63) is 34.3 Å². The molecule has 3 saturated heterocycles. The number of piperidine rings is 2. The fourth-order valence-corrected chi connectivity index (χ4v) is 6.97. The van der Waals surface area contributed by atoms with E-state index in [9.17, 15) is 4.79 Å². The summed E-state index contributed by atoms with van der Waals surface area (Å²) in [5.41, 5.74) is -0.675. The van der Waals surface area contributed by atoms with Crippen LogP contribution >= 0.6 is 11.6 Å². The van der Waals surface area contributed by atoms with Crippen LogP contribution < -0.4 is 10.1 Å². The minimum atomic E-state index is -1.07. The van der Waals surface area contributed by atoms with Gasteiger partial charge in [0.2, 0.25) is 0 Å². The molecule has 0 unspecified atom stereocenters. The highest BCUT2D eigenvalue weighted by Crippen LogP contribution is 2.62. The van der Waals surface area contributed by atoms with Crippen molar-refractivity contribution in [1.29, 1.82) is 0 Å². The maximum absolute atomic E-state index is 15.4. The third kappa shape index (κ3) is 3.38. The summed E-state index contributed by atoms with van der Waals surface area (Å²) in [5.74, 6) is -0.418. The molecule has 5 rings (SSSR count). The Morgan fingerprint density at radius 2 is 2.11 bits per heavy atom. The summed E-state index contributed by atoms with van der Waals surface area (Å²) in [6.07, 6.45) is 3.54. The van der Waals surface area contributed by atoms with Crippen molar-refractivity contribution in [2.45, 2.75) is 43.6 Å². The van der Waals surface area contributed by atoms with Crippen molar-refractivity contribution in [2.24, 2.45) is 11.8 Å². The number of carbonyl (C=O) groups excluding carboxylic acids is 1.